The number of carbonyl (C=O) groups is 1. The van der Waals surface area contributed by atoms with E-state index in [1.54, 1.807) is 45.6 Å². The van der Waals surface area contributed by atoms with E-state index in [4.69, 9.17) is 18.9 Å². The number of nitrogens with zero attached hydrogens (tertiary/aromatic N) is 1. The van der Waals surface area contributed by atoms with E-state index in [9.17, 15) is 4.79 Å². The van der Waals surface area contributed by atoms with Crippen molar-refractivity contribution in [3.8, 4) is 34.3 Å². The van der Waals surface area contributed by atoms with E-state index in [0.717, 1.165) is 11.3 Å². The second-order valence-electron chi connectivity index (χ2n) is 6.05. The molecule has 29 heavy (non-hydrogen) atoms. The highest BCUT2D eigenvalue weighted by Crippen LogP contribution is 2.32. The number of aromatic nitrogens is 2. The quantitative estimate of drug-likeness (QED) is 0.459. The standard InChI is InChI=1S/C22H22N2O5/c1-26-19-9-5-14(11-21(19)28-3)17-13-16(23-24-17)7-8-18(25)15-6-10-20(27-2)22(12-15)29-4/h5-13H,1-4H3,(H,23,24). The molecule has 0 aliphatic rings. The molecule has 0 aliphatic carbocycles. The average molecular weight is 394 g/mol. The van der Waals surface area contributed by atoms with Gasteiger partial charge in [0.1, 0.15) is 0 Å². The average Bonchev–Trinajstić information content (AvgIpc) is 3.25. The first kappa shape index (κ1) is 20.0. The molecule has 0 atom stereocenters. The molecule has 0 bridgehead atoms. The fraction of sp³-hybridized carbons (Fsp3) is 0.182. The molecule has 7 nitrogen and oxygen atoms in total. The van der Waals surface area contributed by atoms with Crippen molar-refractivity contribution >= 4 is 11.9 Å². The van der Waals surface area contributed by atoms with Crippen LogP contribution in [0.2, 0.25) is 0 Å². The number of allylic oxidation sites excluding steroid dienone is 1. The molecule has 0 saturated heterocycles. The predicted molar refractivity (Wildman–Crippen MR) is 110 cm³/mol. The molecule has 1 aromatic heterocycles. The van der Waals surface area contributed by atoms with Crippen molar-refractivity contribution in [3.63, 3.8) is 0 Å². The lowest BCUT2D eigenvalue weighted by molar-refractivity contribution is 0.104. The maximum absolute atomic E-state index is 12.5. The molecule has 0 aliphatic heterocycles. The zero-order valence-electron chi connectivity index (χ0n) is 16.7. The smallest absolute Gasteiger partial charge is 0.186 e. The summed E-state index contributed by atoms with van der Waals surface area (Å²) in [6, 6.07) is 12.4. The summed E-state index contributed by atoms with van der Waals surface area (Å²) in [4.78, 5) is 12.5. The Labute approximate surface area is 168 Å². The van der Waals surface area contributed by atoms with Gasteiger partial charge in [0.2, 0.25) is 0 Å². The van der Waals surface area contributed by atoms with Crippen molar-refractivity contribution in [2.45, 2.75) is 0 Å². The molecule has 0 radical (unpaired) electrons. The minimum absolute atomic E-state index is 0.159. The number of ketones is 1. The van der Waals surface area contributed by atoms with E-state index in [-0.39, 0.29) is 5.78 Å². The van der Waals surface area contributed by atoms with Crippen LogP contribution < -0.4 is 18.9 Å². The van der Waals surface area contributed by atoms with Crippen LogP contribution in [-0.4, -0.2) is 44.4 Å². The Morgan fingerprint density at radius 2 is 1.45 bits per heavy atom. The van der Waals surface area contributed by atoms with Crippen LogP contribution in [-0.2, 0) is 0 Å². The van der Waals surface area contributed by atoms with Gasteiger partial charge in [0.05, 0.1) is 39.8 Å². The van der Waals surface area contributed by atoms with Gasteiger partial charge in [-0.1, -0.05) is 0 Å². The van der Waals surface area contributed by atoms with E-state index in [1.807, 2.05) is 24.3 Å². The molecule has 2 aromatic carbocycles. The van der Waals surface area contributed by atoms with Gasteiger partial charge in [0, 0.05) is 11.1 Å². The van der Waals surface area contributed by atoms with Crippen molar-refractivity contribution in [1.29, 1.82) is 0 Å². The number of nitrogens with one attached hydrogen (secondary N) is 1. The summed E-state index contributed by atoms with van der Waals surface area (Å²) in [6.45, 7) is 0. The van der Waals surface area contributed by atoms with E-state index in [1.165, 1.54) is 13.2 Å². The van der Waals surface area contributed by atoms with Crippen LogP contribution in [0.15, 0.2) is 48.5 Å². The van der Waals surface area contributed by atoms with Crippen LogP contribution in [0.3, 0.4) is 0 Å². The van der Waals surface area contributed by atoms with Gasteiger partial charge in [-0.15, -0.1) is 0 Å². The van der Waals surface area contributed by atoms with Gasteiger partial charge in [-0.05, 0) is 54.6 Å². The van der Waals surface area contributed by atoms with Crippen molar-refractivity contribution in [1.82, 2.24) is 10.2 Å². The molecule has 150 valence electrons. The molecule has 3 aromatic rings. The maximum Gasteiger partial charge on any atom is 0.186 e. The fourth-order valence-corrected chi connectivity index (χ4v) is 2.82. The summed E-state index contributed by atoms with van der Waals surface area (Å²) in [5, 5.41) is 7.21. The molecule has 0 spiro atoms. The second-order valence-corrected chi connectivity index (χ2v) is 6.05. The Bertz CT molecular complexity index is 1040. The Hall–Kier alpha value is -3.74. The van der Waals surface area contributed by atoms with Gasteiger partial charge in [0.25, 0.3) is 0 Å². The highest BCUT2D eigenvalue weighted by molar-refractivity contribution is 6.07. The van der Waals surface area contributed by atoms with Crippen LogP contribution >= 0.6 is 0 Å². The third-order valence-electron chi connectivity index (χ3n) is 4.36. The van der Waals surface area contributed by atoms with Crippen molar-refractivity contribution < 1.29 is 23.7 Å². The first-order valence-electron chi connectivity index (χ1n) is 8.81. The Kier molecular flexibility index (Phi) is 6.19. The topological polar surface area (TPSA) is 82.7 Å². The summed E-state index contributed by atoms with van der Waals surface area (Å²) in [5.74, 6) is 2.18. The van der Waals surface area contributed by atoms with Gasteiger partial charge in [-0.3, -0.25) is 9.89 Å². The molecular weight excluding hydrogens is 372 g/mol. The minimum Gasteiger partial charge on any atom is -0.493 e. The third kappa shape index (κ3) is 4.40. The van der Waals surface area contributed by atoms with E-state index in [2.05, 4.69) is 10.2 Å². The lowest BCUT2D eigenvalue weighted by Gasteiger charge is -2.08. The first-order chi connectivity index (χ1) is 14.1. The maximum atomic E-state index is 12.5. The van der Waals surface area contributed by atoms with E-state index >= 15 is 0 Å². The predicted octanol–water partition coefficient (Wildman–Crippen LogP) is 4.01. The fourth-order valence-electron chi connectivity index (χ4n) is 2.82. The zero-order valence-corrected chi connectivity index (χ0v) is 16.7. The molecule has 0 unspecified atom stereocenters. The summed E-state index contributed by atoms with van der Waals surface area (Å²) in [7, 11) is 6.25. The molecule has 0 saturated carbocycles. The van der Waals surface area contributed by atoms with Gasteiger partial charge < -0.3 is 18.9 Å². The second kappa shape index (κ2) is 8.97. The van der Waals surface area contributed by atoms with Gasteiger partial charge >= 0.3 is 0 Å². The number of H-pyrrole nitrogens is 1. The number of carbonyl (C=O) groups excluding carboxylic acids is 1. The number of methoxy groups -OCH3 is 4. The Morgan fingerprint density at radius 1 is 0.828 bits per heavy atom. The van der Waals surface area contributed by atoms with Crippen LogP contribution in [0.4, 0.5) is 0 Å². The summed E-state index contributed by atoms with van der Waals surface area (Å²) in [5.41, 5.74) is 2.79. The largest absolute Gasteiger partial charge is 0.493 e. The number of hydrogen-bond donors (Lipinski definition) is 1. The SMILES string of the molecule is COc1ccc(C(=O)C=Cc2cc(-c3ccc(OC)c(OC)c3)n[nH]2)cc1OC. The van der Waals surface area contributed by atoms with E-state index < -0.39 is 0 Å². The highest BCUT2D eigenvalue weighted by atomic mass is 16.5. The third-order valence-corrected chi connectivity index (χ3v) is 4.36. The van der Waals surface area contributed by atoms with Crippen molar-refractivity contribution in [2.24, 2.45) is 0 Å². The number of rotatable bonds is 8. The molecule has 0 fully saturated rings. The monoisotopic (exact) mass is 394 g/mol. The summed E-state index contributed by atoms with van der Waals surface area (Å²) >= 11 is 0. The summed E-state index contributed by atoms with van der Waals surface area (Å²) < 4.78 is 21.0. The van der Waals surface area contributed by atoms with Crippen LogP contribution in [0, 0.1) is 0 Å². The lowest BCUT2D eigenvalue weighted by atomic mass is 10.1. The van der Waals surface area contributed by atoms with Crippen molar-refractivity contribution in [3.05, 3.63) is 59.8 Å². The van der Waals surface area contributed by atoms with Gasteiger partial charge in [-0.2, -0.15) is 5.10 Å². The lowest BCUT2D eigenvalue weighted by Crippen LogP contribution is -1.97. The molecule has 1 N–H and O–H groups in total. The number of aromatic amines is 1. The van der Waals surface area contributed by atoms with Crippen LogP contribution in [0.25, 0.3) is 17.3 Å². The normalized spacial score (nSPS) is 10.8. The van der Waals surface area contributed by atoms with Crippen LogP contribution in [0.5, 0.6) is 23.0 Å². The Morgan fingerprint density at radius 3 is 2.10 bits per heavy atom. The number of ether oxygens (including phenoxy) is 4. The molecule has 7 heteroatoms. The number of benzene rings is 2. The first-order valence-corrected chi connectivity index (χ1v) is 8.81. The summed E-state index contributed by atoms with van der Waals surface area (Å²) in [6.07, 6.45) is 3.16. The minimum atomic E-state index is -0.159. The zero-order chi connectivity index (χ0) is 20.8. The van der Waals surface area contributed by atoms with Gasteiger partial charge in [-0.25, -0.2) is 0 Å². The molecule has 1 heterocycles. The number of hydrogen-bond acceptors (Lipinski definition) is 6. The molecule has 0 amide bonds. The highest BCUT2D eigenvalue weighted by Gasteiger charge is 2.10. The van der Waals surface area contributed by atoms with Gasteiger partial charge in [0.15, 0.2) is 28.8 Å². The molecule has 3 rings (SSSR count). The van der Waals surface area contributed by atoms with Crippen molar-refractivity contribution in [2.75, 3.05) is 28.4 Å². The van der Waals surface area contributed by atoms with E-state index in [0.29, 0.717) is 34.3 Å². The van der Waals surface area contributed by atoms with Crippen LogP contribution in [0.1, 0.15) is 16.1 Å². The Balaban J connectivity index is 1.78. The molecular formula is C22H22N2O5.